The molecule has 1 aliphatic heterocycles. The first-order valence-corrected chi connectivity index (χ1v) is 6.88. The lowest BCUT2D eigenvalue weighted by Crippen LogP contribution is -2.46. The summed E-state index contributed by atoms with van der Waals surface area (Å²) in [5.41, 5.74) is 2.12. The SMILES string of the molecule is C=Cc1ccc(NC(=S)N2CCC[N+](C)=C2C)cc1. The topological polar surface area (TPSA) is 18.3 Å². The molecular weight excluding hydrogens is 254 g/mol. The summed E-state index contributed by atoms with van der Waals surface area (Å²) in [5.74, 6) is 1.20. The van der Waals surface area contributed by atoms with Crippen LogP contribution in [0.1, 0.15) is 18.9 Å². The molecule has 0 atom stereocenters. The van der Waals surface area contributed by atoms with Crippen molar-refractivity contribution in [1.82, 2.24) is 4.90 Å². The van der Waals surface area contributed by atoms with Crippen LogP contribution in [0, 0.1) is 0 Å². The quantitative estimate of drug-likeness (QED) is 0.661. The zero-order chi connectivity index (χ0) is 13.8. The van der Waals surface area contributed by atoms with Gasteiger partial charge >= 0.3 is 0 Å². The smallest absolute Gasteiger partial charge is 0.267 e. The van der Waals surface area contributed by atoms with Crippen molar-refractivity contribution >= 4 is 34.9 Å². The molecule has 0 saturated carbocycles. The molecule has 1 aromatic carbocycles. The summed E-state index contributed by atoms with van der Waals surface area (Å²) >= 11 is 5.49. The Morgan fingerprint density at radius 1 is 1.42 bits per heavy atom. The highest BCUT2D eigenvalue weighted by molar-refractivity contribution is 7.80. The first-order chi connectivity index (χ1) is 9.11. The molecule has 0 unspecified atom stereocenters. The van der Waals surface area contributed by atoms with Crippen molar-refractivity contribution < 1.29 is 4.58 Å². The minimum atomic E-state index is 0.760. The minimum Gasteiger partial charge on any atom is -0.313 e. The number of hydrogen-bond donors (Lipinski definition) is 1. The van der Waals surface area contributed by atoms with Crippen LogP contribution in [-0.2, 0) is 0 Å². The fraction of sp³-hybridized carbons (Fsp3) is 0.333. The molecule has 19 heavy (non-hydrogen) atoms. The van der Waals surface area contributed by atoms with Gasteiger partial charge in [0.25, 0.3) is 5.11 Å². The van der Waals surface area contributed by atoms with E-state index in [9.17, 15) is 0 Å². The maximum atomic E-state index is 5.49. The summed E-state index contributed by atoms with van der Waals surface area (Å²) in [6, 6.07) is 8.09. The molecule has 1 N–H and O–H groups in total. The highest BCUT2D eigenvalue weighted by Crippen LogP contribution is 2.12. The lowest BCUT2D eigenvalue weighted by atomic mass is 10.2. The van der Waals surface area contributed by atoms with Gasteiger partial charge in [0.2, 0.25) is 5.84 Å². The molecule has 1 aromatic rings. The Kier molecular flexibility index (Phi) is 4.32. The van der Waals surface area contributed by atoms with E-state index < -0.39 is 0 Å². The molecule has 1 heterocycles. The predicted octanol–water partition coefficient (Wildman–Crippen LogP) is 2.79. The average Bonchev–Trinajstić information content (AvgIpc) is 2.42. The van der Waals surface area contributed by atoms with E-state index in [1.165, 1.54) is 5.84 Å². The number of rotatable bonds is 2. The van der Waals surface area contributed by atoms with Crippen LogP contribution in [0.5, 0.6) is 0 Å². The molecule has 0 bridgehead atoms. The van der Waals surface area contributed by atoms with Crippen LogP contribution in [0.2, 0.25) is 0 Å². The van der Waals surface area contributed by atoms with Gasteiger partial charge in [0.1, 0.15) is 0 Å². The molecule has 0 amide bonds. The minimum absolute atomic E-state index is 0.760. The van der Waals surface area contributed by atoms with E-state index in [0.29, 0.717) is 0 Å². The van der Waals surface area contributed by atoms with Crippen molar-refractivity contribution in [3.63, 3.8) is 0 Å². The van der Waals surface area contributed by atoms with Gasteiger partial charge < -0.3 is 5.32 Å². The van der Waals surface area contributed by atoms with E-state index in [0.717, 1.165) is 35.9 Å². The van der Waals surface area contributed by atoms with Gasteiger partial charge in [0, 0.05) is 19.0 Å². The van der Waals surface area contributed by atoms with Gasteiger partial charge in [0.05, 0.1) is 20.1 Å². The van der Waals surface area contributed by atoms with Crippen LogP contribution in [0.3, 0.4) is 0 Å². The normalized spacial score (nSPS) is 15.4. The van der Waals surface area contributed by atoms with Gasteiger partial charge in [-0.2, -0.15) is 0 Å². The first-order valence-electron chi connectivity index (χ1n) is 6.47. The van der Waals surface area contributed by atoms with Crippen LogP contribution in [0.15, 0.2) is 30.8 Å². The number of thiocarbonyl (C=S) groups is 1. The van der Waals surface area contributed by atoms with Gasteiger partial charge in [-0.3, -0.25) is 4.58 Å². The van der Waals surface area contributed by atoms with Crippen LogP contribution in [0.4, 0.5) is 5.69 Å². The highest BCUT2D eigenvalue weighted by Gasteiger charge is 2.25. The second kappa shape index (κ2) is 5.97. The molecule has 3 nitrogen and oxygen atoms in total. The molecular formula is C15H20N3S+. The maximum Gasteiger partial charge on any atom is 0.267 e. The molecule has 0 fully saturated rings. The largest absolute Gasteiger partial charge is 0.313 e. The number of nitrogens with one attached hydrogen (secondary N) is 1. The Balaban J connectivity index is 2.08. The molecule has 4 heteroatoms. The van der Waals surface area contributed by atoms with E-state index >= 15 is 0 Å². The Bertz CT molecular complexity index is 517. The Morgan fingerprint density at radius 3 is 2.74 bits per heavy atom. The number of amidine groups is 1. The van der Waals surface area contributed by atoms with Gasteiger partial charge in [-0.15, -0.1) is 0 Å². The van der Waals surface area contributed by atoms with E-state index in [2.05, 4.69) is 35.3 Å². The van der Waals surface area contributed by atoms with E-state index in [-0.39, 0.29) is 0 Å². The summed E-state index contributed by atoms with van der Waals surface area (Å²) in [4.78, 5) is 2.15. The first kappa shape index (κ1) is 13.7. The number of anilines is 1. The van der Waals surface area contributed by atoms with Crippen molar-refractivity contribution in [1.29, 1.82) is 0 Å². The standard InChI is InChI=1S/C15H19N3S/c1-4-13-6-8-14(9-7-13)16-15(19)18-11-5-10-17(3)12(18)2/h4,6-9H,1,5,10-11H2,2-3H3/p+1. The lowest BCUT2D eigenvalue weighted by molar-refractivity contribution is -0.507. The maximum absolute atomic E-state index is 5.49. The molecule has 0 aromatic heterocycles. The van der Waals surface area contributed by atoms with Gasteiger partial charge in [0.15, 0.2) is 0 Å². The van der Waals surface area contributed by atoms with Crippen molar-refractivity contribution in [2.24, 2.45) is 0 Å². The molecule has 2 rings (SSSR count). The molecule has 100 valence electrons. The molecule has 0 spiro atoms. The fourth-order valence-electron chi connectivity index (χ4n) is 2.14. The van der Waals surface area contributed by atoms with Crippen molar-refractivity contribution in [2.75, 3.05) is 25.5 Å². The van der Waals surface area contributed by atoms with Crippen molar-refractivity contribution in [3.8, 4) is 0 Å². The summed E-state index contributed by atoms with van der Waals surface area (Å²) in [6.45, 7) is 7.93. The molecule has 0 saturated heterocycles. The van der Waals surface area contributed by atoms with Crippen LogP contribution in [-0.4, -0.2) is 40.6 Å². The number of nitrogens with zero attached hydrogens (tertiary/aromatic N) is 2. The third-order valence-electron chi connectivity index (χ3n) is 3.46. The van der Waals surface area contributed by atoms with Gasteiger partial charge in [-0.05, 0) is 29.9 Å². The van der Waals surface area contributed by atoms with E-state index in [1.807, 2.05) is 30.3 Å². The van der Waals surface area contributed by atoms with Gasteiger partial charge in [-0.25, -0.2) is 4.90 Å². The van der Waals surface area contributed by atoms with E-state index in [4.69, 9.17) is 12.2 Å². The van der Waals surface area contributed by atoms with Crippen molar-refractivity contribution in [3.05, 3.63) is 36.4 Å². The highest BCUT2D eigenvalue weighted by atomic mass is 32.1. The summed E-state index contributed by atoms with van der Waals surface area (Å²) in [7, 11) is 2.10. The Morgan fingerprint density at radius 2 is 2.11 bits per heavy atom. The number of hydrogen-bond acceptors (Lipinski definition) is 1. The number of benzene rings is 1. The van der Waals surface area contributed by atoms with Gasteiger partial charge in [-0.1, -0.05) is 24.8 Å². The Hall–Kier alpha value is -1.68. The second-order valence-corrected chi connectivity index (χ2v) is 5.12. The third kappa shape index (κ3) is 3.20. The zero-order valence-electron chi connectivity index (χ0n) is 11.5. The van der Waals surface area contributed by atoms with Crippen LogP contribution < -0.4 is 5.32 Å². The summed E-state index contributed by atoms with van der Waals surface area (Å²) in [5, 5.41) is 4.05. The van der Waals surface area contributed by atoms with E-state index in [1.54, 1.807) is 0 Å². The Labute approximate surface area is 120 Å². The van der Waals surface area contributed by atoms with Crippen LogP contribution >= 0.6 is 12.2 Å². The zero-order valence-corrected chi connectivity index (χ0v) is 12.3. The lowest BCUT2D eigenvalue weighted by Gasteiger charge is -2.24. The predicted molar refractivity (Wildman–Crippen MR) is 85.8 cm³/mol. The van der Waals surface area contributed by atoms with Crippen molar-refractivity contribution in [2.45, 2.75) is 13.3 Å². The monoisotopic (exact) mass is 274 g/mol. The molecule has 1 aliphatic rings. The molecule has 0 radical (unpaired) electrons. The summed E-state index contributed by atoms with van der Waals surface area (Å²) < 4.78 is 2.23. The molecule has 0 aliphatic carbocycles. The third-order valence-corrected chi connectivity index (χ3v) is 3.78. The summed E-state index contributed by atoms with van der Waals surface area (Å²) in [6.07, 6.45) is 2.96. The fourth-order valence-corrected chi connectivity index (χ4v) is 2.48. The van der Waals surface area contributed by atoms with Crippen LogP contribution in [0.25, 0.3) is 6.08 Å². The second-order valence-electron chi connectivity index (χ2n) is 4.73. The average molecular weight is 274 g/mol.